The fourth-order valence-corrected chi connectivity index (χ4v) is 3.11. The third-order valence-electron chi connectivity index (χ3n) is 3.65. The first kappa shape index (κ1) is 16.2. The maximum Gasteiger partial charge on any atom is 0.248 e. The molecule has 1 heterocycles. The number of amides is 1. The smallest absolute Gasteiger partial charge is 0.248 e. The highest BCUT2D eigenvalue weighted by atomic mass is 32.2. The summed E-state index contributed by atoms with van der Waals surface area (Å²) >= 11 is 1.37. The number of nitrogens with two attached hydrogens (primary N) is 1. The lowest BCUT2D eigenvalue weighted by Crippen LogP contribution is -2.10. The van der Waals surface area contributed by atoms with Gasteiger partial charge in [0.25, 0.3) is 0 Å². The van der Waals surface area contributed by atoms with Crippen molar-refractivity contribution in [2.75, 3.05) is 11.8 Å². The number of benzene rings is 2. The van der Waals surface area contributed by atoms with Crippen LogP contribution >= 0.6 is 11.9 Å². The summed E-state index contributed by atoms with van der Waals surface area (Å²) in [6.07, 6.45) is 0.937. The summed E-state index contributed by atoms with van der Waals surface area (Å²) < 4.78 is 13.8. The van der Waals surface area contributed by atoms with Crippen LogP contribution in [0.1, 0.15) is 22.8 Å². The number of carbonyl (C=O) groups is 1. The molecule has 0 atom stereocenters. The van der Waals surface area contributed by atoms with E-state index in [2.05, 4.69) is 22.9 Å². The fraction of sp³-hybridized carbons (Fsp3) is 0.176. The Labute approximate surface area is 143 Å². The first-order chi connectivity index (χ1) is 11.6. The van der Waals surface area contributed by atoms with Gasteiger partial charge < -0.3 is 19.7 Å². The molecule has 0 aliphatic carbocycles. The molecule has 6 nitrogen and oxygen atoms in total. The zero-order valence-corrected chi connectivity index (χ0v) is 14.1. The molecule has 0 aliphatic heterocycles. The number of carbonyl (C=O) groups excluding carboxylic acids is 1. The maximum absolute atomic E-state index is 11.3. The number of methoxy groups -OCH3 is 1. The van der Waals surface area contributed by atoms with Gasteiger partial charge >= 0.3 is 0 Å². The normalized spacial score (nSPS) is 10.8. The molecule has 2 aromatic carbocycles. The fourth-order valence-electron chi connectivity index (χ4n) is 2.29. The van der Waals surface area contributed by atoms with Crippen LogP contribution in [0.5, 0.6) is 5.75 Å². The van der Waals surface area contributed by atoms with Crippen molar-refractivity contribution in [1.29, 1.82) is 0 Å². The van der Waals surface area contributed by atoms with E-state index < -0.39 is 5.91 Å². The molecule has 3 rings (SSSR count). The van der Waals surface area contributed by atoms with Crippen molar-refractivity contribution in [3.05, 3.63) is 47.5 Å². The van der Waals surface area contributed by atoms with Gasteiger partial charge in [-0.2, -0.15) is 0 Å². The van der Waals surface area contributed by atoms with E-state index in [1.165, 1.54) is 17.5 Å². The lowest BCUT2D eigenvalue weighted by molar-refractivity contribution is 0.100. The summed E-state index contributed by atoms with van der Waals surface area (Å²) in [6, 6.07) is 11.0. The van der Waals surface area contributed by atoms with Crippen molar-refractivity contribution in [1.82, 2.24) is 5.16 Å². The number of hydrogen-bond acceptors (Lipinski definition) is 6. The van der Waals surface area contributed by atoms with E-state index in [0.717, 1.165) is 17.1 Å². The van der Waals surface area contributed by atoms with Gasteiger partial charge in [0.2, 0.25) is 5.91 Å². The molecular weight excluding hydrogens is 326 g/mol. The number of rotatable bonds is 6. The molecule has 0 saturated carbocycles. The SMILES string of the molecule is CCc1ccc(OC)c(SNc2noc3ccc(C(N)=O)cc23)c1. The minimum atomic E-state index is -0.492. The van der Waals surface area contributed by atoms with E-state index in [-0.39, 0.29) is 0 Å². The van der Waals surface area contributed by atoms with E-state index in [1.807, 2.05) is 12.1 Å². The number of fused-ring (bicyclic) bond motifs is 1. The van der Waals surface area contributed by atoms with Crippen LogP contribution in [0.25, 0.3) is 11.0 Å². The summed E-state index contributed by atoms with van der Waals surface area (Å²) in [5.41, 5.74) is 7.52. The van der Waals surface area contributed by atoms with Crippen LogP contribution in [-0.4, -0.2) is 18.2 Å². The molecule has 124 valence electrons. The summed E-state index contributed by atoms with van der Waals surface area (Å²) in [5, 5.41) is 4.71. The van der Waals surface area contributed by atoms with E-state index in [4.69, 9.17) is 15.0 Å². The predicted molar refractivity (Wildman–Crippen MR) is 94.4 cm³/mol. The van der Waals surface area contributed by atoms with Crippen molar-refractivity contribution in [3.8, 4) is 5.75 Å². The predicted octanol–water partition coefficient (Wildman–Crippen LogP) is 3.62. The lowest BCUT2D eigenvalue weighted by Gasteiger charge is -2.09. The molecule has 3 aromatic rings. The van der Waals surface area contributed by atoms with Crippen molar-refractivity contribution in [3.63, 3.8) is 0 Å². The Hall–Kier alpha value is -2.67. The Kier molecular flexibility index (Phi) is 4.61. The highest BCUT2D eigenvalue weighted by molar-refractivity contribution is 8.00. The Balaban J connectivity index is 1.88. The van der Waals surface area contributed by atoms with E-state index in [0.29, 0.717) is 22.4 Å². The number of aromatic nitrogens is 1. The molecule has 0 radical (unpaired) electrons. The minimum absolute atomic E-state index is 0.407. The Morgan fingerprint density at radius 1 is 1.33 bits per heavy atom. The van der Waals surface area contributed by atoms with Crippen LogP contribution < -0.4 is 15.2 Å². The molecule has 0 fully saturated rings. The van der Waals surface area contributed by atoms with Gasteiger partial charge in [0, 0.05) is 5.56 Å². The molecule has 0 unspecified atom stereocenters. The summed E-state index contributed by atoms with van der Waals surface area (Å²) in [5.74, 6) is 0.811. The summed E-state index contributed by atoms with van der Waals surface area (Å²) in [6.45, 7) is 2.10. The van der Waals surface area contributed by atoms with Crippen LogP contribution in [0.15, 0.2) is 45.8 Å². The second-order valence-corrected chi connectivity index (χ2v) is 6.00. The van der Waals surface area contributed by atoms with Gasteiger partial charge in [0.1, 0.15) is 5.75 Å². The topological polar surface area (TPSA) is 90.4 Å². The van der Waals surface area contributed by atoms with Crippen molar-refractivity contribution < 1.29 is 14.1 Å². The first-order valence-corrected chi connectivity index (χ1v) is 8.23. The van der Waals surface area contributed by atoms with Crippen LogP contribution in [0.3, 0.4) is 0 Å². The Morgan fingerprint density at radius 3 is 2.88 bits per heavy atom. The molecule has 0 spiro atoms. The van der Waals surface area contributed by atoms with Crippen LogP contribution in [0.2, 0.25) is 0 Å². The van der Waals surface area contributed by atoms with Crippen LogP contribution in [0.4, 0.5) is 5.82 Å². The maximum atomic E-state index is 11.3. The molecule has 0 aliphatic rings. The minimum Gasteiger partial charge on any atom is -0.496 e. The largest absolute Gasteiger partial charge is 0.496 e. The van der Waals surface area contributed by atoms with Crippen LogP contribution in [0, 0.1) is 0 Å². The monoisotopic (exact) mass is 343 g/mol. The molecular formula is C17H17N3O3S. The zero-order valence-electron chi connectivity index (χ0n) is 13.3. The second kappa shape index (κ2) is 6.84. The summed E-state index contributed by atoms with van der Waals surface area (Å²) in [4.78, 5) is 12.3. The summed E-state index contributed by atoms with van der Waals surface area (Å²) in [7, 11) is 1.63. The average Bonchev–Trinajstić information content (AvgIpc) is 3.01. The Morgan fingerprint density at radius 2 is 2.17 bits per heavy atom. The number of nitrogens with zero attached hydrogens (tertiary/aromatic N) is 1. The van der Waals surface area contributed by atoms with Crippen molar-refractivity contribution in [2.45, 2.75) is 18.2 Å². The Bertz CT molecular complexity index is 892. The highest BCUT2D eigenvalue weighted by Crippen LogP contribution is 2.33. The number of hydrogen-bond donors (Lipinski definition) is 2. The quantitative estimate of drug-likeness (QED) is 0.664. The van der Waals surface area contributed by atoms with E-state index in [9.17, 15) is 4.79 Å². The standard InChI is InChI=1S/C17H17N3O3S/c1-3-10-4-6-14(22-2)15(8-10)24-20-17-12-9-11(16(18)21)5-7-13(12)23-19-17/h4-9H,3H2,1-2H3,(H2,18,21)(H,19,20). The molecule has 3 N–H and O–H groups in total. The molecule has 7 heteroatoms. The molecule has 24 heavy (non-hydrogen) atoms. The zero-order chi connectivity index (χ0) is 17.1. The number of aryl methyl sites for hydroxylation is 1. The molecule has 0 bridgehead atoms. The first-order valence-electron chi connectivity index (χ1n) is 7.41. The number of primary amides is 1. The van der Waals surface area contributed by atoms with Gasteiger partial charge in [-0.15, -0.1) is 0 Å². The van der Waals surface area contributed by atoms with Crippen LogP contribution in [-0.2, 0) is 6.42 Å². The molecule has 0 saturated heterocycles. The van der Waals surface area contributed by atoms with Gasteiger partial charge in [-0.05, 0) is 54.3 Å². The van der Waals surface area contributed by atoms with Crippen molar-refractivity contribution in [2.24, 2.45) is 5.73 Å². The number of anilines is 1. The van der Waals surface area contributed by atoms with Gasteiger partial charge in [0.05, 0.1) is 17.4 Å². The third-order valence-corrected chi connectivity index (χ3v) is 4.48. The third kappa shape index (κ3) is 3.16. The second-order valence-electron chi connectivity index (χ2n) is 5.15. The van der Waals surface area contributed by atoms with Crippen molar-refractivity contribution >= 4 is 34.6 Å². The van der Waals surface area contributed by atoms with Gasteiger partial charge in [-0.25, -0.2) is 0 Å². The molecule has 1 aromatic heterocycles. The lowest BCUT2D eigenvalue weighted by atomic mass is 10.1. The average molecular weight is 343 g/mol. The van der Waals surface area contributed by atoms with E-state index in [1.54, 1.807) is 25.3 Å². The number of ether oxygens (including phenoxy) is 1. The highest BCUT2D eigenvalue weighted by Gasteiger charge is 2.12. The molecule has 1 amide bonds. The van der Waals surface area contributed by atoms with E-state index >= 15 is 0 Å². The van der Waals surface area contributed by atoms with Gasteiger partial charge in [-0.1, -0.05) is 18.1 Å². The number of nitrogens with one attached hydrogen (secondary N) is 1. The van der Waals surface area contributed by atoms with Gasteiger partial charge in [-0.3, -0.25) is 4.79 Å². The van der Waals surface area contributed by atoms with Gasteiger partial charge in [0.15, 0.2) is 11.4 Å².